The lowest BCUT2D eigenvalue weighted by atomic mass is 10.2. The third-order valence-corrected chi connectivity index (χ3v) is 3.50. The van der Waals surface area contributed by atoms with E-state index in [2.05, 4.69) is 21.2 Å². The maximum atomic E-state index is 11.7. The Kier molecular flexibility index (Phi) is 5.77. The van der Waals surface area contributed by atoms with E-state index in [9.17, 15) is 9.59 Å². The summed E-state index contributed by atoms with van der Waals surface area (Å²) < 4.78 is 11.1. The molecule has 0 radical (unpaired) electrons. The third-order valence-electron chi connectivity index (χ3n) is 2.97. The molecule has 0 spiro atoms. The number of esters is 1. The molecule has 22 heavy (non-hydrogen) atoms. The molecule has 0 saturated carbocycles. The van der Waals surface area contributed by atoms with Gasteiger partial charge in [0.1, 0.15) is 5.76 Å². The summed E-state index contributed by atoms with van der Waals surface area (Å²) in [7, 11) is 0. The van der Waals surface area contributed by atoms with E-state index >= 15 is 0 Å². The molecular weight excluding hydrogens is 350 g/mol. The van der Waals surface area contributed by atoms with Crippen LogP contribution in [0.3, 0.4) is 0 Å². The van der Waals surface area contributed by atoms with Crippen LogP contribution in [0.5, 0.6) is 0 Å². The quantitative estimate of drug-likeness (QED) is 0.798. The zero-order valence-corrected chi connectivity index (χ0v) is 13.6. The van der Waals surface area contributed by atoms with Gasteiger partial charge in [-0.15, -0.1) is 0 Å². The maximum Gasteiger partial charge on any atom is 0.310 e. The van der Waals surface area contributed by atoms with Crippen LogP contribution >= 0.6 is 15.9 Å². The molecule has 1 heterocycles. The first-order chi connectivity index (χ1) is 10.5. The molecule has 0 aliphatic rings. The zero-order chi connectivity index (χ0) is 15.9. The molecule has 0 aliphatic heterocycles. The van der Waals surface area contributed by atoms with Gasteiger partial charge in [-0.1, -0.05) is 28.1 Å². The Morgan fingerprint density at radius 2 is 2.00 bits per heavy atom. The van der Waals surface area contributed by atoms with Crippen LogP contribution in [0.25, 0.3) is 0 Å². The summed E-state index contributed by atoms with van der Waals surface area (Å²) in [6.07, 6.45) is 1.67. The summed E-state index contributed by atoms with van der Waals surface area (Å²) in [6.45, 7) is 1.49. The number of halogens is 1. The van der Waals surface area contributed by atoms with Gasteiger partial charge in [0.15, 0.2) is 6.61 Å². The number of nitrogens with one attached hydrogen (secondary N) is 1. The highest BCUT2D eigenvalue weighted by Crippen LogP contribution is 2.12. The number of benzene rings is 1. The number of carbonyl (C=O) groups is 2. The van der Waals surface area contributed by atoms with Crippen LogP contribution in [-0.2, 0) is 20.7 Å². The molecule has 2 aromatic rings. The van der Waals surface area contributed by atoms with Crippen molar-refractivity contribution in [2.45, 2.75) is 19.4 Å². The summed E-state index contributed by atoms with van der Waals surface area (Å²) in [5, 5.41) is 2.69. The van der Waals surface area contributed by atoms with Crippen molar-refractivity contribution in [1.29, 1.82) is 0 Å². The van der Waals surface area contributed by atoms with E-state index in [0.29, 0.717) is 5.76 Å². The monoisotopic (exact) mass is 365 g/mol. The molecule has 5 nitrogen and oxygen atoms in total. The number of hydrogen-bond donors (Lipinski definition) is 1. The van der Waals surface area contributed by atoms with Gasteiger partial charge in [0, 0.05) is 4.47 Å². The molecule has 1 N–H and O–H groups in total. The lowest BCUT2D eigenvalue weighted by Crippen LogP contribution is -2.31. The number of rotatable bonds is 6. The molecule has 0 fully saturated rings. The fraction of sp³-hybridized carbons (Fsp3) is 0.250. The van der Waals surface area contributed by atoms with Crippen molar-refractivity contribution in [1.82, 2.24) is 5.32 Å². The predicted molar refractivity (Wildman–Crippen MR) is 84.1 cm³/mol. The molecule has 0 aliphatic carbocycles. The molecule has 1 amide bonds. The van der Waals surface area contributed by atoms with Crippen molar-refractivity contribution in [3.63, 3.8) is 0 Å². The maximum absolute atomic E-state index is 11.7. The molecular formula is C16H16BrNO4. The SMILES string of the molecule is C[C@H](NC(=O)COC(=O)Cc1ccc(Br)cc1)c1ccco1. The Hall–Kier alpha value is -2.08. The minimum atomic E-state index is -0.442. The van der Waals surface area contributed by atoms with E-state index in [1.54, 1.807) is 19.1 Å². The van der Waals surface area contributed by atoms with Crippen molar-refractivity contribution in [3.05, 3.63) is 58.5 Å². The molecule has 1 aromatic heterocycles. The van der Waals surface area contributed by atoms with Crippen molar-refractivity contribution < 1.29 is 18.7 Å². The minimum absolute atomic E-state index is 0.133. The van der Waals surface area contributed by atoms with Crippen molar-refractivity contribution in [2.75, 3.05) is 6.61 Å². The molecule has 2 rings (SSSR count). The van der Waals surface area contributed by atoms with Gasteiger partial charge >= 0.3 is 5.97 Å². The van der Waals surface area contributed by atoms with Gasteiger partial charge in [-0.25, -0.2) is 0 Å². The second-order valence-corrected chi connectivity index (χ2v) is 5.68. The Labute approximate surface area is 136 Å². The van der Waals surface area contributed by atoms with E-state index < -0.39 is 5.97 Å². The summed E-state index contributed by atoms with van der Waals surface area (Å²) in [4.78, 5) is 23.4. The van der Waals surface area contributed by atoms with E-state index in [1.165, 1.54) is 6.26 Å². The highest BCUT2D eigenvalue weighted by molar-refractivity contribution is 9.10. The van der Waals surface area contributed by atoms with Crippen LogP contribution in [-0.4, -0.2) is 18.5 Å². The molecule has 0 unspecified atom stereocenters. The standard InChI is InChI=1S/C16H16BrNO4/c1-11(14-3-2-8-21-14)18-15(19)10-22-16(20)9-12-4-6-13(17)7-5-12/h2-8,11H,9-10H2,1H3,(H,18,19)/t11-/m0/s1. The van der Waals surface area contributed by atoms with Crippen LogP contribution in [0.4, 0.5) is 0 Å². The van der Waals surface area contributed by atoms with Crippen molar-refractivity contribution in [3.8, 4) is 0 Å². The fourth-order valence-electron chi connectivity index (χ4n) is 1.86. The van der Waals surface area contributed by atoms with E-state index in [1.807, 2.05) is 24.3 Å². The van der Waals surface area contributed by atoms with Gasteiger partial charge in [0.05, 0.1) is 18.7 Å². The second-order valence-electron chi connectivity index (χ2n) is 4.77. The van der Waals surface area contributed by atoms with Crippen LogP contribution in [0.2, 0.25) is 0 Å². The van der Waals surface area contributed by atoms with E-state index in [-0.39, 0.29) is 25.0 Å². The number of furan rings is 1. The lowest BCUT2D eigenvalue weighted by Gasteiger charge is -2.11. The molecule has 6 heteroatoms. The van der Waals surface area contributed by atoms with Gasteiger partial charge in [0.2, 0.25) is 0 Å². The Morgan fingerprint density at radius 3 is 2.64 bits per heavy atom. The average molecular weight is 366 g/mol. The van der Waals surface area contributed by atoms with E-state index in [4.69, 9.17) is 9.15 Å². The minimum Gasteiger partial charge on any atom is -0.467 e. The average Bonchev–Trinajstić information content (AvgIpc) is 3.02. The van der Waals surface area contributed by atoms with Gasteiger partial charge in [0.25, 0.3) is 5.91 Å². The number of hydrogen-bond acceptors (Lipinski definition) is 4. The van der Waals surface area contributed by atoms with Gasteiger partial charge in [-0.2, -0.15) is 0 Å². The summed E-state index contributed by atoms with van der Waals surface area (Å²) in [5.74, 6) is -0.161. The molecule has 116 valence electrons. The smallest absolute Gasteiger partial charge is 0.310 e. The Balaban J connectivity index is 1.73. The number of ether oxygens (including phenoxy) is 1. The first-order valence-corrected chi connectivity index (χ1v) is 7.56. The first kappa shape index (κ1) is 16.3. The number of carbonyl (C=O) groups excluding carboxylic acids is 2. The topological polar surface area (TPSA) is 68.5 Å². The highest BCUT2D eigenvalue weighted by atomic mass is 79.9. The Bertz CT molecular complexity index is 622. The summed E-state index contributed by atoms with van der Waals surface area (Å²) in [5.41, 5.74) is 0.831. The molecule has 0 bridgehead atoms. The highest BCUT2D eigenvalue weighted by Gasteiger charge is 2.13. The van der Waals surface area contributed by atoms with Crippen molar-refractivity contribution >= 4 is 27.8 Å². The van der Waals surface area contributed by atoms with Crippen LogP contribution in [0, 0.1) is 0 Å². The van der Waals surface area contributed by atoms with Gasteiger partial charge < -0.3 is 14.5 Å². The van der Waals surface area contributed by atoms with Crippen LogP contribution in [0.1, 0.15) is 24.3 Å². The zero-order valence-electron chi connectivity index (χ0n) is 12.0. The fourth-order valence-corrected chi connectivity index (χ4v) is 2.12. The van der Waals surface area contributed by atoms with Gasteiger partial charge in [-0.05, 0) is 36.8 Å². The molecule has 1 aromatic carbocycles. The third kappa shape index (κ3) is 5.04. The largest absolute Gasteiger partial charge is 0.467 e. The second kappa shape index (κ2) is 7.79. The van der Waals surface area contributed by atoms with Crippen molar-refractivity contribution in [2.24, 2.45) is 0 Å². The van der Waals surface area contributed by atoms with Crippen LogP contribution in [0.15, 0.2) is 51.6 Å². The summed E-state index contributed by atoms with van der Waals surface area (Å²) in [6, 6.07) is 10.6. The lowest BCUT2D eigenvalue weighted by molar-refractivity contribution is -0.148. The Morgan fingerprint density at radius 1 is 1.27 bits per heavy atom. The first-order valence-electron chi connectivity index (χ1n) is 6.77. The normalized spacial score (nSPS) is 11.7. The molecule has 0 saturated heterocycles. The van der Waals surface area contributed by atoms with Crippen LogP contribution < -0.4 is 5.32 Å². The molecule has 1 atom stereocenters. The van der Waals surface area contributed by atoms with Gasteiger partial charge in [-0.3, -0.25) is 9.59 Å². The number of amides is 1. The predicted octanol–water partition coefficient (Wildman–Crippen LogP) is 3.01. The van der Waals surface area contributed by atoms with E-state index in [0.717, 1.165) is 10.0 Å². The summed E-state index contributed by atoms with van der Waals surface area (Å²) >= 11 is 3.32.